The molecule has 0 radical (unpaired) electrons. The van der Waals surface area contributed by atoms with Crippen LogP contribution in [0.15, 0.2) is 67.1 Å². The Bertz CT molecular complexity index is 1530. The van der Waals surface area contributed by atoms with E-state index < -0.39 is 5.97 Å². The number of carboxylic acid groups (broad SMARTS) is 1. The number of nitrogens with zero attached hydrogens (tertiary/aromatic N) is 5. The first-order valence-corrected chi connectivity index (χ1v) is 15.3. The lowest BCUT2D eigenvalue weighted by Gasteiger charge is -2.16. The number of unbranched alkanes of at least 4 members (excludes halogenated alkanes) is 3. The fraction of sp³-hybridized carbons (Fsp3) is 0.394. The number of benzene rings is 2. The van der Waals surface area contributed by atoms with Crippen LogP contribution in [-0.2, 0) is 27.9 Å². The van der Waals surface area contributed by atoms with Crippen molar-refractivity contribution in [2.24, 2.45) is 7.05 Å². The second kappa shape index (κ2) is 18.2. The van der Waals surface area contributed by atoms with Crippen LogP contribution < -0.4 is 15.4 Å². The minimum absolute atomic E-state index is 0.177. The van der Waals surface area contributed by atoms with E-state index in [1.807, 2.05) is 61.0 Å². The van der Waals surface area contributed by atoms with Crippen molar-refractivity contribution in [1.29, 1.82) is 0 Å². The highest BCUT2D eigenvalue weighted by Gasteiger charge is 2.14. The van der Waals surface area contributed by atoms with Gasteiger partial charge >= 0.3 is 5.97 Å². The maximum atomic E-state index is 13.1. The lowest BCUT2D eigenvalue weighted by molar-refractivity contribution is -0.142. The van der Waals surface area contributed by atoms with Gasteiger partial charge in [-0.25, -0.2) is 14.8 Å². The predicted octanol–water partition coefficient (Wildman–Crippen LogP) is 4.43. The number of carboxylic acids is 1. The zero-order valence-corrected chi connectivity index (χ0v) is 26.2. The largest absolute Gasteiger partial charge is 0.494 e. The standard InChI is InChI=1S/C33H41N7O6/c1-24(25-9-8-12-28(20-25)46-16-6-4-3-5-15-44-17-18-45-22-31(41)42)37-33(43)26-10-7-11-27(19-26)35-21-30-38-39-32(40(30)2)29-13-14-34-23-36-29/h7-14,19-20,23-24,35H,3-6,15-18,21-22H2,1-2H3,(H,37,43)(H,41,42)/t24-/m1/s1. The van der Waals surface area contributed by atoms with Crippen molar-refractivity contribution >= 4 is 17.6 Å². The van der Waals surface area contributed by atoms with Crippen molar-refractivity contribution in [2.45, 2.75) is 45.2 Å². The van der Waals surface area contributed by atoms with E-state index >= 15 is 0 Å². The van der Waals surface area contributed by atoms with E-state index in [9.17, 15) is 9.59 Å². The maximum Gasteiger partial charge on any atom is 0.329 e. The third-order valence-corrected chi connectivity index (χ3v) is 7.11. The fourth-order valence-electron chi connectivity index (χ4n) is 4.58. The molecule has 0 saturated carbocycles. The molecular weight excluding hydrogens is 590 g/mol. The number of ether oxygens (including phenoxy) is 3. The zero-order chi connectivity index (χ0) is 32.6. The molecule has 0 aliphatic rings. The highest BCUT2D eigenvalue weighted by atomic mass is 16.5. The number of hydrogen-bond donors (Lipinski definition) is 3. The van der Waals surface area contributed by atoms with E-state index in [2.05, 4.69) is 30.8 Å². The lowest BCUT2D eigenvalue weighted by atomic mass is 10.1. The van der Waals surface area contributed by atoms with Crippen LogP contribution in [0.3, 0.4) is 0 Å². The minimum atomic E-state index is -0.979. The quantitative estimate of drug-likeness (QED) is 0.118. The van der Waals surface area contributed by atoms with E-state index in [0.29, 0.717) is 43.4 Å². The van der Waals surface area contributed by atoms with Gasteiger partial charge in [-0.2, -0.15) is 0 Å². The van der Waals surface area contributed by atoms with Gasteiger partial charge in [0.15, 0.2) is 11.6 Å². The average Bonchev–Trinajstić information content (AvgIpc) is 3.44. The molecule has 13 heteroatoms. The molecule has 4 rings (SSSR count). The van der Waals surface area contributed by atoms with Gasteiger partial charge in [0, 0.05) is 31.1 Å². The van der Waals surface area contributed by atoms with Gasteiger partial charge in [-0.3, -0.25) is 4.79 Å². The molecule has 1 atom stereocenters. The molecule has 0 aliphatic heterocycles. The third kappa shape index (κ3) is 10.9. The van der Waals surface area contributed by atoms with Crippen LogP contribution in [0.1, 0.15) is 60.4 Å². The molecule has 2 heterocycles. The number of aromatic nitrogens is 5. The summed E-state index contributed by atoms with van der Waals surface area (Å²) in [6.07, 6.45) is 7.02. The number of nitrogens with one attached hydrogen (secondary N) is 2. The summed E-state index contributed by atoms with van der Waals surface area (Å²) in [7, 11) is 1.88. The second-order valence-corrected chi connectivity index (χ2v) is 10.6. The van der Waals surface area contributed by atoms with Crippen LogP contribution in [0, 0.1) is 0 Å². The first-order valence-electron chi connectivity index (χ1n) is 15.3. The Morgan fingerprint density at radius 1 is 0.935 bits per heavy atom. The number of carbonyl (C=O) groups is 2. The molecule has 0 fully saturated rings. The van der Waals surface area contributed by atoms with E-state index in [1.54, 1.807) is 18.3 Å². The number of aliphatic carboxylic acids is 1. The molecular formula is C33H41N7O6. The average molecular weight is 632 g/mol. The van der Waals surface area contributed by atoms with Gasteiger partial charge in [0.2, 0.25) is 0 Å². The molecule has 1 amide bonds. The molecule has 0 aliphatic carbocycles. The molecule has 13 nitrogen and oxygen atoms in total. The molecule has 4 aromatic rings. The van der Waals surface area contributed by atoms with Crippen LogP contribution >= 0.6 is 0 Å². The first-order chi connectivity index (χ1) is 22.4. The van der Waals surface area contributed by atoms with Crippen LogP contribution in [0.4, 0.5) is 5.69 Å². The Morgan fingerprint density at radius 3 is 2.54 bits per heavy atom. The number of anilines is 1. The van der Waals surface area contributed by atoms with Gasteiger partial charge in [0.1, 0.15) is 24.4 Å². The Labute approximate surface area is 268 Å². The first kappa shape index (κ1) is 34.0. The summed E-state index contributed by atoms with van der Waals surface area (Å²) in [4.78, 5) is 31.7. The predicted molar refractivity (Wildman–Crippen MR) is 171 cm³/mol. The van der Waals surface area contributed by atoms with E-state index in [-0.39, 0.29) is 25.2 Å². The van der Waals surface area contributed by atoms with E-state index in [4.69, 9.17) is 19.3 Å². The normalized spacial score (nSPS) is 11.6. The lowest BCUT2D eigenvalue weighted by Crippen LogP contribution is -2.26. The van der Waals surface area contributed by atoms with Gasteiger partial charge < -0.3 is 34.5 Å². The summed E-state index contributed by atoms with van der Waals surface area (Å²) in [6, 6.07) is 16.7. The monoisotopic (exact) mass is 631 g/mol. The van der Waals surface area contributed by atoms with Gasteiger partial charge in [-0.1, -0.05) is 24.6 Å². The SMILES string of the molecule is C[C@@H](NC(=O)c1cccc(NCc2nnc(-c3ccncn3)n2C)c1)c1cccc(OCCCCCCOCCOCC(=O)O)c1. The zero-order valence-electron chi connectivity index (χ0n) is 26.2. The Morgan fingerprint density at radius 2 is 1.74 bits per heavy atom. The van der Waals surface area contributed by atoms with Crippen LogP contribution in [0.5, 0.6) is 5.75 Å². The molecule has 0 spiro atoms. The Hall–Kier alpha value is -4.88. The summed E-state index contributed by atoms with van der Waals surface area (Å²) in [5, 5.41) is 23.4. The van der Waals surface area contributed by atoms with Crippen molar-refractivity contribution < 1.29 is 28.9 Å². The Balaban J connectivity index is 1.17. The van der Waals surface area contributed by atoms with Crippen LogP contribution in [0.2, 0.25) is 0 Å². The molecule has 0 bridgehead atoms. The molecule has 0 unspecified atom stereocenters. The van der Waals surface area contributed by atoms with Crippen molar-refractivity contribution in [1.82, 2.24) is 30.0 Å². The number of amides is 1. The molecule has 46 heavy (non-hydrogen) atoms. The molecule has 3 N–H and O–H groups in total. The summed E-state index contributed by atoms with van der Waals surface area (Å²) in [5.74, 6) is 0.981. The second-order valence-electron chi connectivity index (χ2n) is 10.6. The highest BCUT2D eigenvalue weighted by molar-refractivity contribution is 5.95. The summed E-state index contributed by atoms with van der Waals surface area (Å²) >= 11 is 0. The highest BCUT2D eigenvalue weighted by Crippen LogP contribution is 2.21. The number of rotatable bonds is 20. The molecule has 2 aromatic carbocycles. The topological polar surface area (TPSA) is 163 Å². The maximum absolute atomic E-state index is 13.1. The third-order valence-electron chi connectivity index (χ3n) is 7.11. The summed E-state index contributed by atoms with van der Waals surface area (Å²) in [5.41, 5.74) is 2.97. The van der Waals surface area contributed by atoms with Gasteiger partial charge in [0.05, 0.1) is 32.4 Å². The van der Waals surface area contributed by atoms with Crippen molar-refractivity contribution in [3.63, 3.8) is 0 Å². The van der Waals surface area contributed by atoms with Crippen molar-refractivity contribution in [3.05, 3.63) is 84.1 Å². The van der Waals surface area contributed by atoms with E-state index in [1.165, 1.54) is 6.33 Å². The van der Waals surface area contributed by atoms with E-state index in [0.717, 1.165) is 48.5 Å². The minimum Gasteiger partial charge on any atom is -0.494 e. The van der Waals surface area contributed by atoms with Crippen LogP contribution in [-0.4, -0.2) is 74.7 Å². The number of hydrogen-bond acceptors (Lipinski definition) is 10. The van der Waals surface area contributed by atoms with Gasteiger partial charge in [-0.05, 0) is 68.1 Å². The Kier molecular flexibility index (Phi) is 13.4. The summed E-state index contributed by atoms with van der Waals surface area (Å²) < 4.78 is 18.2. The van der Waals surface area contributed by atoms with Crippen molar-refractivity contribution in [3.8, 4) is 17.3 Å². The smallest absolute Gasteiger partial charge is 0.329 e. The number of carbonyl (C=O) groups excluding carboxylic acids is 1. The molecule has 2 aromatic heterocycles. The van der Waals surface area contributed by atoms with Gasteiger partial charge in [-0.15, -0.1) is 10.2 Å². The van der Waals surface area contributed by atoms with Crippen LogP contribution in [0.25, 0.3) is 11.5 Å². The molecule has 244 valence electrons. The summed E-state index contributed by atoms with van der Waals surface area (Å²) in [6.45, 7) is 3.98. The van der Waals surface area contributed by atoms with Crippen molar-refractivity contribution in [2.75, 3.05) is 38.4 Å². The fourth-order valence-corrected chi connectivity index (χ4v) is 4.58. The van der Waals surface area contributed by atoms with Gasteiger partial charge in [0.25, 0.3) is 5.91 Å². The molecule has 0 saturated heterocycles.